The Morgan fingerprint density at radius 3 is 2.48 bits per heavy atom. The molecule has 0 bridgehead atoms. The molecule has 2 aliphatic heterocycles. The number of aromatic nitrogens is 3. The molecule has 2 aliphatic rings. The summed E-state index contributed by atoms with van der Waals surface area (Å²) in [6.07, 6.45) is 6.18. The van der Waals surface area contributed by atoms with Crippen molar-refractivity contribution in [1.82, 2.24) is 19.9 Å². The number of anilines is 1. The maximum absolute atomic E-state index is 15.4. The van der Waals surface area contributed by atoms with Gasteiger partial charge in [-0.1, -0.05) is 13.0 Å². The summed E-state index contributed by atoms with van der Waals surface area (Å²) in [6.45, 7) is 15.2. The SMILES string of the molecule is CCC(C)N1CC(C)(C)Oc2c(F)cc(-c3nc(Cc4ccc(CN5CCC(C(C)(C)O)CC5)cn4)ncc3F)cc21. The van der Waals surface area contributed by atoms with Crippen LogP contribution in [0.25, 0.3) is 11.3 Å². The number of benzene rings is 1. The van der Waals surface area contributed by atoms with Gasteiger partial charge in [0.25, 0.3) is 0 Å². The Bertz CT molecular complexity index is 1400. The summed E-state index contributed by atoms with van der Waals surface area (Å²) in [5.74, 6) is -0.218. The number of halogens is 2. The van der Waals surface area contributed by atoms with Crippen LogP contribution in [0, 0.1) is 17.6 Å². The van der Waals surface area contributed by atoms with Crippen LogP contribution >= 0.6 is 0 Å². The van der Waals surface area contributed by atoms with Gasteiger partial charge in [-0.3, -0.25) is 9.88 Å². The minimum absolute atomic E-state index is 0.0571. The van der Waals surface area contributed by atoms with Gasteiger partial charge in [-0.15, -0.1) is 0 Å². The number of pyridine rings is 1. The van der Waals surface area contributed by atoms with Gasteiger partial charge in [0, 0.05) is 30.0 Å². The number of fused-ring (bicyclic) bond motifs is 1. The molecule has 0 radical (unpaired) electrons. The number of nitrogens with zero attached hydrogens (tertiary/aromatic N) is 5. The Morgan fingerprint density at radius 1 is 1.10 bits per heavy atom. The van der Waals surface area contributed by atoms with E-state index in [0.29, 0.717) is 36.0 Å². The monoisotopic (exact) mass is 579 g/mol. The first-order valence-electron chi connectivity index (χ1n) is 15.0. The molecule has 5 rings (SSSR count). The first-order valence-corrected chi connectivity index (χ1v) is 15.0. The summed E-state index contributed by atoms with van der Waals surface area (Å²) in [4.78, 5) is 17.9. The van der Waals surface area contributed by atoms with Crippen LogP contribution in [0.1, 0.15) is 77.9 Å². The summed E-state index contributed by atoms with van der Waals surface area (Å²) in [5, 5.41) is 10.3. The average Bonchev–Trinajstić information content (AvgIpc) is 2.94. The molecule has 0 aliphatic carbocycles. The van der Waals surface area contributed by atoms with E-state index in [0.717, 1.165) is 56.4 Å². The van der Waals surface area contributed by atoms with Gasteiger partial charge in [0.05, 0.1) is 30.5 Å². The van der Waals surface area contributed by atoms with Crippen molar-refractivity contribution in [3.8, 4) is 17.0 Å². The zero-order chi connectivity index (χ0) is 30.2. The van der Waals surface area contributed by atoms with Crippen molar-refractivity contribution in [2.45, 2.75) is 91.0 Å². The van der Waals surface area contributed by atoms with E-state index in [1.807, 2.05) is 40.0 Å². The van der Waals surface area contributed by atoms with Gasteiger partial charge in [0.2, 0.25) is 0 Å². The molecule has 1 N–H and O–H groups in total. The van der Waals surface area contributed by atoms with Crippen molar-refractivity contribution in [2.75, 3.05) is 24.5 Å². The molecule has 7 nitrogen and oxygen atoms in total. The zero-order valence-electron chi connectivity index (χ0n) is 25.6. The standard InChI is InChI=1S/C33H43F2N5O2/c1-7-21(2)40-20-32(3,4)42-31-26(34)14-23(15-28(31)40)30-27(35)18-37-29(38-30)16-25-9-8-22(17-36-25)19-39-12-10-24(11-13-39)33(5,6)41/h8-9,14-15,17-18,21,24,41H,7,10-13,16,19-20H2,1-6H3. The minimum atomic E-state index is -0.634. The Hall–Kier alpha value is -3.17. The van der Waals surface area contributed by atoms with E-state index in [9.17, 15) is 5.11 Å². The number of ether oxygens (including phenoxy) is 1. The van der Waals surface area contributed by atoms with Crippen molar-refractivity contribution < 1.29 is 18.6 Å². The zero-order valence-corrected chi connectivity index (χ0v) is 25.6. The fraction of sp³-hybridized carbons (Fsp3) is 0.545. The van der Waals surface area contributed by atoms with Crippen LogP contribution in [0.3, 0.4) is 0 Å². The van der Waals surface area contributed by atoms with Gasteiger partial charge in [0.1, 0.15) is 17.1 Å². The normalized spacial score (nSPS) is 18.5. The van der Waals surface area contributed by atoms with Crippen molar-refractivity contribution in [1.29, 1.82) is 0 Å². The molecule has 0 saturated carbocycles. The van der Waals surface area contributed by atoms with Crippen LogP contribution in [-0.4, -0.2) is 61.8 Å². The Kier molecular flexibility index (Phi) is 8.54. The van der Waals surface area contributed by atoms with E-state index in [-0.39, 0.29) is 17.5 Å². The second kappa shape index (κ2) is 11.8. The van der Waals surface area contributed by atoms with Crippen molar-refractivity contribution in [3.63, 3.8) is 0 Å². The van der Waals surface area contributed by atoms with Crippen LogP contribution in [0.4, 0.5) is 14.5 Å². The number of aliphatic hydroxyl groups is 1. The highest BCUT2D eigenvalue weighted by Crippen LogP contribution is 2.43. The number of piperidine rings is 1. The third-order valence-corrected chi connectivity index (χ3v) is 8.67. The summed E-state index contributed by atoms with van der Waals surface area (Å²) in [5.41, 5.74) is 1.71. The number of hydrogen-bond donors (Lipinski definition) is 1. The number of likely N-dealkylation sites (tertiary alicyclic amines) is 1. The summed E-state index contributed by atoms with van der Waals surface area (Å²) >= 11 is 0. The lowest BCUT2D eigenvalue weighted by Gasteiger charge is -2.44. The Labute approximate surface area is 248 Å². The molecule has 1 saturated heterocycles. The lowest BCUT2D eigenvalue weighted by molar-refractivity contribution is -0.0136. The lowest BCUT2D eigenvalue weighted by Crippen LogP contribution is -2.50. The fourth-order valence-electron chi connectivity index (χ4n) is 6.01. The molecule has 1 fully saturated rings. The second-order valence-electron chi connectivity index (χ2n) is 13.1. The van der Waals surface area contributed by atoms with Crippen LogP contribution < -0.4 is 9.64 Å². The average molecular weight is 580 g/mol. The Balaban J connectivity index is 1.32. The highest BCUT2D eigenvalue weighted by atomic mass is 19.1. The van der Waals surface area contributed by atoms with Gasteiger partial charge in [0.15, 0.2) is 17.4 Å². The van der Waals surface area contributed by atoms with Crippen molar-refractivity contribution in [3.05, 3.63) is 65.4 Å². The highest BCUT2D eigenvalue weighted by Gasteiger charge is 2.36. The third-order valence-electron chi connectivity index (χ3n) is 8.67. The molecular weight excluding hydrogens is 536 g/mol. The molecule has 3 aromatic rings. The minimum Gasteiger partial charge on any atom is -0.481 e. The molecule has 9 heteroatoms. The third kappa shape index (κ3) is 6.73. The van der Waals surface area contributed by atoms with E-state index >= 15 is 8.78 Å². The molecule has 1 aromatic carbocycles. The Morgan fingerprint density at radius 2 is 1.83 bits per heavy atom. The number of hydrogen-bond acceptors (Lipinski definition) is 7. The first-order chi connectivity index (χ1) is 19.8. The molecule has 0 spiro atoms. The lowest BCUT2D eigenvalue weighted by atomic mass is 9.83. The molecule has 1 unspecified atom stereocenters. The van der Waals surface area contributed by atoms with Crippen LogP contribution in [0.2, 0.25) is 0 Å². The molecule has 2 aromatic heterocycles. The summed E-state index contributed by atoms with van der Waals surface area (Å²) < 4.78 is 36.5. The largest absolute Gasteiger partial charge is 0.481 e. The molecular formula is C33H43F2N5O2. The molecule has 42 heavy (non-hydrogen) atoms. The van der Waals surface area contributed by atoms with E-state index in [1.54, 1.807) is 6.07 Å². The number of rotatable bonds is 8. The van der Waals surface area contributed by atoms with E-state index < -0.39 is 22.8 Å². The van der Waals surface area contributed by atoms with E-state index in [1.165, 1.54) is 6.07 Å². The van der Waals surface area contributed by atoms with Gasteiger partial charge in [-0.05, 0) is 96.7 Å². The molecule has 0 amide bonds. The topological polar surface area (TPSA) is 74.6 Å². The van der Waals surface area contributed by atoms with Crippen LogP contribution in [-0.2, 0) is 13.0 Å². The van der Waals surface area contributed by atoms with Crippen molar-refractivity contribution >= 4 is 5.69 Å². The van der Waals surface area contributed by atoms with Gasteiger partial charge in [-0.2, -0.15) is 0 Å². The van der Waals surface area contributed by atoms with Crippen molar-refractivity contribution in [2.24, 2.45) is 5.92 Å². The summed E-state index contributed by atoms with van der Waals surface area (Å²) in [7, 11) is 0. The fourth-order valence-corrected chi connectivity index (χ4v) is 6.01. The first kappa shape index (κ1) is 30.3. The van der Waals surface area contributed by atoms with E-state index in [2.05, 4.69) is 44.7 Å². The second-order valence-corrected chi connectivity index (χ2v) is 13.1. The van der Waals surface area contributed by atoms with Gasteiger partial charge < -0.3 is 14.7 Å². The summed E-state index contributed by atoms with van der Waals surface area (Å²) in [6, 6.07) is 7.22. The van der Waals surface area contributed by atoms with E-state index in [4.69, 9.17) is 4.74 Å². The van der Waals surface area contributed by atoms with Gasteiger partial charge in [-0.25, -0.2) is 18.7 Å². The maximum Gasteiger partial charge on any atom is 0.179 e. The van der Waals surface area contributed by atoms with Crippen LogP contribution in [0.5, 0.6) is 5.75 Å². The molecule has 226 valence electrons. The van der Waals surface area contributed by atoms with Gasteiger partial charge >= 0.3 is 0 Å². The smallest absolute Gasteiger partial charge is 0.179 e. The highest BCUT2D eigenvalue weighted by molar-refractivity contribution is 5.72. The molecule has 4 heterocycles. The van der Waals surface area contributed by atoms with Crippen LogP contribution in [0.15, 0.2) is 36.7 Å². The maximum atomic E-state index is 15.4. The quantitative estimate of drug-likeness (QED) is 0.342. The predicted molar refractivity (Wildman–Crippen MR) is 161 cm³/mol. The molecule has 1 atom stereocenters. The predicted octanol–water partition coefficient (Wildman–Crippen LogP) is 6.17.